The van der Waals surface area contributed by atoms with E-state index in [1.165, 1.54) is 25.0 Å². The molecular weight excluding hydrogens is 361 g/mol. The van der Waals surface area contributed by atoms with Gasteiger partial charge in [0.25, 0.3) is 0 Å². The second-order valence-electron chi connectivity index (χ2n) is 7.05. The number of anilines is 1. The lowest BCUT2D eigenvalue weighted by molar-refractivity contribution is 0.400. The zero-order valence-corrected chi connectivity index (χ0v) is 15.9. The van der Waals surface area contributed by atoms with E-state index < -0.39 is 0 Å². The number of hydrogen-bond donors (Lipinski definition) is 1. The Morgan fingerprint density at radius 1 is 1.33 bits per heavy atom. The van der Waals surface area contributed by atoms with E-state index in [4.69, 9.17) is 11.6 Å². The van der Waals surface area contributed by atoms with Gasteiger partial charge in [-0.2, -0.15) is 0 Å². The first-order valence-electron chi connectivity index (χ1n) is 9.04. The summed E-state index contributed by atoms with van der Waals surface area (Å²) in [7, 11) is 0. The maximum Gasteiger partial charge on any atom is 0.132 e. The number of nitrogens with one attached hydrogen (secondary N) is 1. The summed E-state index contributed by atoms with van der Waals surface area (Å²) in [6, 6.07) is 7.03. The van der Waals surface area contributed by atoms with Crippen molar-refractivity contribution in [3.63, 3.8) is 0 Å². The van der Waals surface area contributed by atoms with Crippen LogP contribution in [0.2, 0.25) is 5.02 Å². The monoisotopic (exact) mass is 381 g/mol. The molecule has 0 atom stereocenters. The van der Waals surface area contributed by atoms with Gasteiger partial charge in [-0.05, 0) is 61.8 Å². The van der Waals surface area contributed by atoms with Gasteiger partial charge in [-0.3, -0.25) is 4.98 Å². The highest BCUT2D eigenvalue weighted by atomic mass is 35.5. The summed E-state index contributed by atoms with van der Waals surface area (Å²) in [5.41, 5.74) is 4.57. The first-order valence-corrected chi connectivity index (χ1v) is 9.41. The average molecular weight is 382 g/mol. The Labute approximate surface area is 163 Å². The van der Waals surface area contributed by atoms with Crippen molar-refractivity contribution in [2.75, 3.05) is 11.9 Å². The highest BCUT2D eigenvalue weighted by molar-refractivity contribution is 6.30. The SMILES string of the molecule is C=C(C)c1cnc(-c2cc(Cl)ccc2F)cc1NC1=CCN(C2CC2)C=C1. The molecule has 2 aromatic rings. The first kappa shape index (κ1) is 17.8. The normalized spacial score (nSPS) is 16.3. The Hall–Kier alpha value is -2.59. The lowest BCUT2D eigenvalue weighted by Gasteiger charge is -2.23. The molecule has 0 bridgehead atoms. The molecule has 27 heavy (non-hydrogen) atoms. The van der Waals surface area contributed by atoms with Crippen molar-refractivity contribution in [2.24, 2.45) is 0 Å². The van der Waals surface area contributed by atoms with Gasteiger partial charge in [0.15, 0.2) is 0 Å². The van der Waals surface area contributed by atoms with Gasteiger partial charge in [-0.1, -0.05) is 18.2 Å². The summed E-state index contributed by atoms with van der Waals surface area (Å²) >= 11 is 6.04. The average Bonchev–Trinajstić information content (AvgIpc) is 3.49. The minimum Gasteiger partial charge on any atom is -0.371 e. The molecule has 0 saturated heterocycles. The quantitative estimate of drug-likeness (QED) is 0.702. The summed E-state index contributed by atoms with van der Waals surface area (Å²) in [5.74, 6) is -0.349. The summed E-state index contributed by atoms with van der Waals surface area (Å²) in [4.78, 5) is 6.78. The predicted molar refractivity (Wildman–Crippen MR) is 110 cm³/mol. The van der Waals surface area contributed by atoms with Crippen molar-refractivity contribution < 1.29 is 4.39 Å². The third-order valence-electron chi connectivity index (χ3n) is 4.83. The van der Waals surface area contributed by atoms with Gasteiger partial charge in [0.1, 0.15) is 5.82 Å². The van der Waals surface area contributed by atoms with Crippen molar-refractivity contribution in [1.29, 1.82) is 0 Å². The number of aromatic nitrogens is 1. The molecule has 4 rings (SSSR count). The van der Waals surface area contributed by atoms with Crippen molar-refractivity contribution in [2.45, 2.75) is 25.8 Å². The molecule has 0 unspecified atom stereocenters. The molecule has 3 nitrogen and oxygen atoms in total. The molecule has 1 aromatic heterocycles. The second kappa shape index (κ2) is 7.20. The van der Waals surface area contributed by atoms with Gasteiger partial charge < -0.3 is 10.2 Å². The number of rotatable bonds is 5. The van der Waals surface area contributed by atoms with E-state index in [0.29, 0.717) is 22.3 Å². The fourth-order valence-corrected chi connectivity index (χ4v) is 3.35. The summed E-state index contributed by atoms with van der Waals surface area (Å²) in [5, 5.41) is 3.92. The molecule has 1 saturated carbocycles. The standard InChI is InChI=1S/C22H21ClFN3/c1-14(2)19-13-25-21(18-11-15(23)3-6-20(18)24)12-22(19)26-16-7-9-27(10-8-16)17-4-5-17/h3,6-9,11-13,17H,1,4-5,10H2,2H3,(H,25,26). The van der Waals surface area contributed by atoms with Crippen LogP contribution in [0, 0.1) is 5.82 Å². The fraction of sp³-hybridized carbons (Fsp3) is 0.227. The Morgan fingerprint density at radius 3 is 2.81 bits per heavy atom. The summed E-state index contributed by atoms with van der Waals surface area (Å²) < 4.78 is 14.3. The smallest absolute Gasteiger partial charge is 0.132 e. The van der Waals surface area contributed by atoms with Gasteiger partial charge in [0.2, 0.25) is 0 Å². The third kappa shape index (κ3) is 3.91. The predicted octanol–water partition coefficient (Wildman–Crippen LogP) is 5.86. The molecule has 0 spiro atoms. The number of nitrogens with zero attached hydrogens (tertiary/aromatic N) is 2. The van der Waals surface area contributed by atoms with Crippen molar-refractivity contribution in [1.82, 2.24) is 9.88 Å². The summed E-state index contributed by atoms with van der Waals surface area (Å²) in [6.07, 6.45) is 10.7. The van der Waals surface area contributed by atoms with Crippen LogP contribution in [-0.2, 0) is 0 Å². The van der Waals surface area contributed by atoms with E-state index in [1.807, 2.05) is 13.0 Å². The number of benzene rings is 1. The molecule has 5 heteroatoms. The molecule has 1 fully saturated rings. The molecule has 0 radical (unpaired) electrons. The molecular formula is C22H21ClFN3. The van der Waals surface area contributed by atoms with E-state index in [-0.39, 0.29) is 5.82 Å². The minimum absolute atomic E-state index is 0.349. The van der Waals surface area contributed by atoms with E-state index in [9.17, 15) is 4.39 Å². The molecule has 2 heterocycles. The highest BCUT2D eigenvalue weighted by Gasteiger charge is 2.27. The highest BCUT2D eigenvalue weighted by Crippen LogP contribution is 2.32. The van der Waals surface area contributed by atoms with Crippen molar-refractivity contribution >= 4 is 22.9 Å². The zero-order valence-electron chi connectivity index (χ0n) is 15.2. The van der Waals surface area contributed by atoms with E-state index >= 15 is 0 Å². The van der Waals surface area contributed by atoms with Crippen LogP contribution in [0.5, 0.6) is 0 Å². The van der Waals surface area contributed by atoms with Crippen LogP contribution in [0.25, 0.3) is 16.8 Å². The Kier molecular flexibility index (Phi) is 4.75. The number of allylic oxidation sites excluding steroid dienone is 2. The van der Waals surface area contributed by atoms with Crippen molar-refractivity contribution in [3.05, 3.63) is 77.5 Å². The van der Waals surface area contributed by atoms with Crippen LogP contribution < -0.4 is 5.32 Å². The van der Waals surface area contributed by atoms with E-state index in [1.54, 1.807) is 12.3 Å². The van der Waals surface area contributed by atoms with Crippen LogP contribution >= 0.6 is 11.6 Å². The lowest BCUT2D eigenvalue weighted by atomic mass is 10.0. The van der Waals surface area contributed by atoms with Gasteiger partial charge >= 0.3 is 0 Å². The number of hydrogen-bond acceptors (Lipinski definition) is 3. The zero-order chi connectivity index (χ0) is 19.0. The Bertz CT molecular complexity index is 960. The minimum atomic E-state index is -0.349. The van der Waals surface area contributed by atoms with Crippen LogP contribution in [0.4, 0.5) is 10.1 Å². The van der Waals surface area contributed by atoms with Gasteiger partial charge in [0, 0.05) is 52.5 Å². The molecule has 0 amide bonds. The Balaban J connectivity index is 1.65. The number of halogens is 2. The molecule has 138 valence electrons. The van der Waals surface area contributed by atoms with E-state index in [2.05, 4.69) is 40.1 Å². The van der Waals surface area contributed by atoms with Crippen LogP contribution in [-0.4, -0.2) is 22.5 Å². The van der Waals surface area contributed by atoms with Crippen LogP contribution in [0.15, 0.2) is 61.1 Å². The second-order valence-corrected chi connectivity index (χ2v) is 7.48. The molecule has 2 aliphatic rings. The fourth-order valence-electron chi connectivity index (χ4n) is 3.17. The van der Waals surface area contributed by atoms with Gasteiger partial charge in [-0.15, -0.1) is 0 Å². The molecule has 1 N–H and O–H groups in total. The maximum absolute atomic E-state index is 14.3. The molecule has 1 aliphatic heterocycles. The molecule has 1 aliphatic carbocycles. The Morgan fingerprint density at radius 2 is 2.15 bits per heavy atom. The van der Waals surface area contributed by atoms with Crippen LogP contribution in [0.3, 0.4) is 0 Å². The van der Waals surface area contributed by atoms with Gasteiger partial charge in [-0.25, -0.2) is 4.39 Å². The van der Waals surface area contributed by atoms with E-state index in [0.717, 1.165) is 29.1 Å². The maximum atomic E-state index is 14.3. The largest absolute Gasteiger partial charge is 0.371 e. The third-order valence-corrected chi connectivity index (χ3v) is 5.07. The van der Waals surface area contributed by atoms with Gasteiger partial charge in [0.05, 0.1) is 5.69 Å². The summed E-state index contributed by atoms with van der Waals surface area (Å²) in [6.45, 7) is 6.86. The topological polar surface area (TPSA) is 28.2 Å². The van der Waals surface area contributed by atoms with Crippen LogP contribution in [0.1, 0.15) is 25.3 Å². The lowest BCUT2D eigenvalue weighted by Crippen LogP contribution is -2.23. The first-order chi connectivity index (χ1) is 13.0. The number of pyridine rings is 1. The molecule has 1 aromatic carbocycles. The van der Waals surface area contributed by atoms with Crippen molar-refractivity contribution in [3.8, 4) is 11.3 Å².